The van der Waals surface area contributed by atoms with Crippen LogP contribution in [0.1, 0.15) is 31.7 Å². The van der Waals surface area contributed by atoms with Gasteiger partial charge in [-0.2, -0.15) is 0 Å². The summed E-state index contributed by atoms with van der Waals surface area (Å²) in [5.74, 6) is 3.52. The lowest BCUT2D eigenvalue weighted by Crippen LogP contribution is -2.14. The highest BCUT2D eigenvalue weighted by Crippen LogP contribution is 2.34. The number of benzene rings is 1. The van der Waals surface area contributed by atoms with E-state index in [1.807, 2.05) is 6.92 Å². The zero-order valence-electron chi connectivity index (χ0n) is 11.1. The minimum absolute atomic E-state index is 0.657. The summed E-state index contributed by atoms with van der Waals surface area (Å²) in [4.78, 5) is 0. The Bertz CT molecular complexity index is 417. The predicted molar refractivity (Wildman–Crippen MR) is 87.4 cm³/mol. The molecule has 0 spiro atoms. The maximum atomic E-state index is 5.56. The van der Waals surface area contributed by atoms with Crippen molar-refractivity contribution < 1.29 is 4.74 Å². The fourth-order valence-corrected chi connectivity index (χ4v) is 3.22. The maximum Gasteiger partial charge on any atom is 0.147 e. The topological polar surface area (TPSA) is 21.3 Å². The van der Waals surface area contributed by atoms with E-state index in [0.717, 1.165) is 47.0 Å². The molecule has 0 amide bonds. The molecule has 0 saturated heterocycles. The summed E-state index contributed by atoms with van der Waals surface area (Å²) in [6.07, 6.45) is 8.27. The fourth-order valence-electron chi connectivity index (χ4n) is 1.71. The maximum absolute atomic E-state index is 5.56. The summed E-state index contributed by atoms with van der Waals surface area (Å²) in [6, 6.07) is 4.17. The normalized spacial score (nSPS) is 10.2. The van der Waals surface area contributed by atoms with Crippen molar-refractivity contribution in [2.75, 3.05) is 13.2 Å². The van der Waals surface area contributed by atoms with E-state index in [2.05, 4.69) is 55.2 Å². The number of hydrogen-bond donors (Lipinski definition) is 1. The van der Waals surface area contributed by atoms with E-state index < -0.39 is 0 Å². The van der Waals surface area contributed by atoms with Gasteiger partial charge >= 0.3 is 0 Å². The van der Waals surface area contributed by atoms with Crippen molar-refractivity contribution in [1.29, 1.82) is 0 Å². The van der Waals surface area contributed by atoms with Gasteiger partial charge in [0.2, 0.25) is 0 Å². The minimum Gasteiger partial charge on any atom is -0.492 e. The van der Waals surface area contributed by atoms with Crippen LogP contribution in [0.25, 0.3) is 0 Å². The van der Waals surface area contributed by atoms with Gasteiger partial charge in [0.05, 0.1) is 15.6 Å². The van der Waals surface area contributed by atoms with Crippen LogP contribution in [0.4, 0.5) is 0 Å². The molecule has 0 heterocycles. The largest absolute Gasteiger partial charge is 0.492 e. The third-order valence-corrected chi connectivity index (χ3v) is 3.78. The summed E-state index contributed by atoms with van der Waals surface area (Å²) in [5.41, 5.74) is 1.22. The van der Waals surface area contributed by atoms with Gasteiger partial charge in [-0.05, 0) is 75.9 Å². The first-order valence-corrected chi connectivity index (χ1v) is 8.02. The molecule has 4 heteroatoms. The third kappa shape index (κ3) is 5.99. The lowest BCUT2D eigenvalue weighted by molar-refractivity contribution is 0.336. The monoisotopic (exact) mass is 387 g/mol. The van der Waals surface area contributed by atoms with E-state index >= 15 is 0 Å². The summed E-state index contributed by atoms with van der Waals surface area (Å²) in [6.45, 7) is 4.47. The van der Waals surface area contributed by atoms with Gasteiger partial charge in [0, 0.05) is 13.0 Å². The first-order valence-electron chi connectivity index (χ1n) is 6.44. The number of unbranched alkanes of at least 4 members (excludes halogenated alkanes) is 2. The number of nitrogens with one attached hydrogen (secondary N) is 1. The van der Waals surface area contributed by atoms with E-state index in [1.54, 1.807) is 0 Å². The van der Waals surface area contributed by atoms with Crippen LogP contribution in [0, 0.1) is 12.3 Å². The van der Waals surface area contributed by atoms with Gasteiger partial charge in [-0.15, -0.1) is 12.3 Å². The summed E-state index contributed by atoms with van der Waals surface area (Å²) in [5, 5.41) is 3.42. The molecule has 0 aliphatic heterocycles. The molecule has 1 N–H and O–H groups in total. The van der Waals surface area contributed by atoms with E-state index in [-0.39, 0.29) is 0 Å². The summed E-state index contributed by atoms with van der Waals surface area (Å²) in [7, 11) is 0. The molecule has 1 rings (SSSR count). The number of ether oxygens (including phenoxy) is 1. The molecular weight excluding hydrogens is 370 g/mol. The lowest BCUT2D eigenvalue weighted by atomic mass is 10.2. The van der Waals surface area contributed by atoms with Gasteiger partial charge in [-0.1, -0.05) is 0 Å². The van der Waals surface area contributed by atoms with Crippen molar-refractivity contribution >= 4 is 31.9 Å². The van der Waals surface area contributed by atoms with Crippen molar-refractivity contribution in [2.24, 2.45) is 0 Å². The zero-order chi connectivity index (χ0) is 14.1. The standard InChI is InChI=1S/C15H19Br2NO/c1-3-5-6-7-8-18-11-12-9-13(16)15(19-4-2)14(17)10-12/h1,9-10,18H,4-8,11H2,2H3. The Morgan fingerprint density at radius 1 is 1.26 bits per heavy atom. The molecule has 1 aromatic rings. The van der Waals surface area contributed by atoms with E-state index in [0.29, 0.717) is 6.61 Å². The molecule has 0 unspecified atom stereocenters. The van der Waals surface area contributed by atoms with Gasteiger partial charge < -0.3 is 10.1 Å². The summed E-state index contributed by atoms with van der Waals surface area (Å²) >= 11 is 7.07. The van der Waals surface area contributed by atoms with Crippen LogP contribution in [0.3, 0.4) is 0 Å². The summed E-state index contributed by atoms with van der Waals surface area (Å²) < 4.78 is 7.52. The van der Waals surface area contributed by atoms with Crippen LogP contribution in [-0.4, -0.2) is 13.2 Å². The second-order valence-electron chi connectivity index (χ2n) is 4.16. The average molecular weight is 389 g/mol. The number of halogens is 2. The molecule has 0 saturated carbocycles. The Balaban J connectivity index is 2.45. The van der Waals surface area contributed by atoms with Crippen LogP contribution in [0.15, 0.2) is 21.1 Å². The molecule has 0 fully saturated rings. The Labute approximate surface area is 132 Å². The molecule has 0 aliphatic rings. The third-order valence-electron chi connectivity index (χ3n) is 2.60. The van der Waals surface area contributed by atoms with Gasteiger partial charge in [0.15, 0.2) is 0 Å². The first kappa shape index (κ1) is 16.6. The van der Waals surface area contributed by atoms with Crippen LogP contribution in [0.2, 0.25) is 0 Å². The molecule has 0 aliphatic carbocycles. The highest BCUT2D eigenvalue weighted by molar-refractivity contribution is 9.11. The molecule has 0 bridgehead atoms. The van der Waals surface area contributed by atoms with E-state index in [9.17, 15) is 0 Å². The highest BCUT2D eigenvalue weighted by atomic mass is 79.9. The lowest BCUT2D eigenvalue weighted by Gasteiger charge is -2.11. The Morgan fingerprint density at radius 2 is 1.95 bits per heavy atom. The Morgan fingerprint density at radius 3 is 2.53 bits per heavy atom. The van der Waals surface area contributed by atoms with Crippen LogP contribution < -0.4 is 10.1 Å². The molecular formula is C15H19Br2NO. The number of hydrogen-bond acceptors (Lipinski definition) is 2. The smallest absolute Gasteiger partial charge is 0.147 e. The fraction of sp³-hybridized carbons (Fsp3) is 0.467. The van der Waals surface area contributed by atoms with Crippen molar-refractivity contribution in [3.8, 4) is 18.1 Å². The first-order chi connectivity index (χ1) is 9.19. The van der Waals surface area contributed by atoms with Crippen LogP contribution >= 0.6 is 31.9 Å². The minimum atomic E-state index is 0.657. The van der Waals surface area contributed by atoms with Crippen LogP contribution in [-0.2, 0) is 6.54 Å². The van der Waals surface area contributed by atoms with E-state index in [4.69, 9.17) is 11.2 Å². The predicted octanol–water partition coefficient (Wildman–Crippen LogP) is 4.50. The molecule has 2 nitrogen and oxygen atoms in total. The molecule has 0 radical (unpaired) electrons. The second kappa shape index (κ2) is 9.41. The quantitative estimate of drug-likeness (QED) is 0.522. The SMILES string of the molecule is C#CCCCCNCc1cc(Br)c(OCC)c(Br)c1. The van der Waals surface area contributed by atoms with Crippen molar-refractivity contribution in [3.63, 3.8) is 0 Å². The Kier molecular flexibility index (Phi) is 8.20. The number of rotatable bonds is 8. The van der Waals surface area contributed by atoms with Crippen LogP contribution in [0.5, 0.6) is 5.75 Å². The average Bonchev–Trinajstić information content (AvgIpc) is 2.38. The molecule has 1 aromatic carbocycles. The Hall–Kier alpha value is -0.500. The molecule has 0 aromatic heterocycles. The molecule has 104 valence electrons. The van der Waals surface area contributed by atoms with Gasteiger partial charge in [-0.25, -0.2) is 0 Å². The van der Waals surface area contributed by atoms with Gasteiger partial charge in [0.25, 0.3) is 0 Å². The molecule has 0 atom stereocenters. The van der Waals surface area contributed by atoms with E-state index in [1.165, 1.54) is 5.56 Å². The van der Waals surface area contributed by atoms with Crippen molar-refractivity contribution in [1.82, 2.24) is 5.32 Å². The molecule has 19 heavy (non-hydrogen) atoms. The number of terminal acetylenes is 1. The van der Waals surface area contributed by atoms with Gasteiger partial charge in [0.1, 0.15) is 5.75 Å². The highest BCUT2D eigenvalue weighted by Gasteiger charge is 2.08. The van der Waals surface area contributed by atoms with Crippen molar-refractivity contribution in [2.45, 2.75) is 32.7 Å². The zero-order valence-corrected chi connectivity index (χ0v) is 14.3. The second-order valence-corrected chi connectivity index (χ2v) is 5.87. The van der Waals surface area contributed by atoms with Crippen molar-refractivity contribution in [3.05, 3.63) is 26.6 Å². The van der Waals surface area contributed by atoms with Gasteiger partial charge in [-0.3, -0.25) is 0 Å².